The number of fused-ring (bicyclic) bond motifs is 1. The normalized spacial score (nSPS) is 12.1. The third-order valence-electron chi connectivity index (χ3n) is 4.49. The molecule has 1 aromatic heterocycles. The van der Waals surface area contributed by atoms with Gasteiger partial charge < -0.3 is 24.3 Å². The summed E-state index contributed by atoms with van der Waals surface area (Å²) in [6.45, 7) is 2.10. The second-order valence-electron chi connectivity index (χ2n) is 6.55. The fourth-order valence-electron chi connectivity index (χ4n) is 3.06. The van der Waals surface area contributed by atoms with Crippen molar-refractivity contribution in [2.45, 2.75) is 19.7 Å². The summed E-state index contributed by atoms with van der Waals surface area (Å²) in [4.78, 5) is 4.13. The van der Waals surface area contributed by atoms with Gasteiger partial charge in [-0.1, -0.05) is 12.1 Å². The molecule has 2 aromatic carbocycles. The Morgan fingerprint density at radius 2 is 1.90 bits per heavy atom. The van der Waals surface area contributed by atoms with E-state index in [2.05, 4.69) is 26.2 Å². The first kappa shape index (κ1) is 19.5. The minimum absolute atomic E-state index is 0.259. The molecule has 150 valence electrons. The molecule has 1 N–H and O–H groups in total. The van der Waals surface area contributed by atoms with Gasteiger partial charge in [-0.25, -0.2) is 0 Å². The minimum atomic E-state index is 0.259. The van der Waals surface area contributed by atoms with Gasteiger partial charge in [0.1, 0.15) is 6.61 Å². The van der Waals surface area contributed by atoms with Gasteiger partial charge in [-0.3, -0.25) is 4.98 Å². The second-order valence-corrected chi connectivity index (χ2v) is 7.40. The molecule has 0 radical (unpaired) electrons. The molecule has 0 saturated heterocycles. The van der Waals surface area contributed by atoms with Gasteiger partial charge in [0.25, 0.3) is 0 Å². The average Bonchev–Trinajstić information content (AvgIpc) is 3.21. The number of hydrogen-bond acceptors (Lipinski definition) is 6. The predicted molar refractivity (Wildman–Crippen MR) is 112 cm³/mol. The molecular formula is C22H21BrN2O4. The highest BCUT2D eigenvalue weighted by Crippen LogP contribution is 2.38. The van der Waals surface area contributed by atoms with Crippen LogP contribution in [-0.4, -0.2) is 18.9 Å². The number of ether oxygens (including phenoxy) is 4. The lowest BCUT2D eigenvalue weighted by molar-refractivity contribution is 0.174. The molecule has 1 aliphatic heterocycles. The van der Waals surface area contributed by atoms with E-state index in [1.54, 1.807) is 13.3 Å². The zero-order chi connectivity index (χ0) is 20.1. The quantitative estimate of drug-likeness (QED) is 0.540. The zero-order valence-corrected chi connectivity index (χ0v) is 17.6. The molecule has 0 fully saturated rings. The van der Waals surface area contributed by atoms with E-state index in [1.165, 1.54) is 0 Å². The molecule has 0 amide bonds. The molecule has 3 aromatic rings. The molecule has 0 bridgehead atoms. The van der Waals surface area contributed by atoms with E-state index in [9.17, 15) is 0 Å². The van der Waals surface area contributed by atoms with Crippen LogP contribution in [0.1, 0.15) is 16.7 Å². The SMILES string of the molecule is COc1cc(CNCc2cccnc2)cc(Br)c1OCc1ccc2c(c1)OCO2. The van der Waals surface area contributed by atoms with E-state index in [1.807, 2.05) is 48.7 Å². The van der Waals surface area contributed by atoms with E-state index < -0.39 is 0 Å². The van der Waals surface area contributed by atoms with Crippen LogP contribution in [0.4, 0.5) is 0 Å². The second kappa shape index (κ2) is 9.15. The molecule has 7 heteroatoms. The van der Waals surface area contributed by atoms with Gasteiger partial charge in [0.2, 0.25) is 6.79 Å². The lowest BCUT2D eigenvalue weighted by Gasteiger charge is -2.15. The third-order valence-corrected chi connectivity index (χ3v) is 5.08. The van der Waals surface area contributed by atoms with Gasteiger partial charge in [-0.05, 0) is 63.0 Å². The molecule has 0 aliphatic carbocycles. The Balaban J connectivity index is 1.40. The van der Waals surface area contributed by atoms with Crippen LogP contribution in [0.3, 0.4) is 0 Å². The predicted octanol–water partition coefficient (Wildman–Crippen LogP) is 4.45. The van der Waals surface area contributed by atoms with Crippen molar-refractivity contribution in [3.05, 3.63) is 76.0 Å². The summed E-state index contributed by atoms with van der Waals surface area (Å²) in [5.74, 6) is 2.85. The van der Waals surface area contributed by atoms with Crippen molar-refractivity contribution in [1.29, 1.82) is 0 Å². The lowest BCUT2D eigenvalue weighted by atomic mass is 10.2. The number of benzene rings is 2. The summed E-state index contributed by atoms with van der Waals surface area (Å²) < 4.78 is 23.2. The van der Waals surface area contributed by atoms with Crippen LogP contribution in [-0.2, 0) is 19.7 Å². The Labute approximate surface area is 177 Å². The summed E-state index contributed by atoms with van der Waals surface area (Å²) >= 11 is 3.61. The molecule has 4 rings (SSSR count). The topological polar surface area (TPSA) is 61.8 Å². The largest absolute Gasteiger partial charge is 0.493 e. The van der Waals surface area contributed by atoms with Crippen LogP contribution in [0.25, 0.3) is 0 Å². The summed E-state index contributed by atoms with van der Waals surface area (Å²) in [6, 6.07) is 13.8. The van der Waals surface area contributed by atoms with Crippen molar-refractivity contribution >= 4 is 15.9 Å². The molecule has 0 spiro atoms. The standard InChI is InChI=1S/C22H21BrN2O4/c1-26-21-9-17(12-25-11-16-3-2-6-24-10-16)7-18(23)22(21)27-13-15-4-5-19-20(8-15)29-14-28-19/h2-10,25H,11-14H2,1H3. The third kappa shape index (κ3) is 4.81. The molecule has 1 aliphatic rings. The zero-order valence-electron chi connectivity index (χ0n) is 16.0. The number of hydrogen-bond donors (Lipinski definition) is 1. The van der Waals surface area contributed by atoms with Crippen molar-refractivity contribution in [1.82, 2.24) is 10.3 Å². The van der Waals surface area contributed by atoms with Crippen LogP contribution >= 0.6 is 15.9 Å². The number of halogens is 1. The van der Waals surface area contributed by atoms with Gasteiger partial charge in [0.15, 0.2) is 23.0 Å². The first-order valence-electron chi connectivity index (χ1n) is 9.20. The Morgan fingerprint density at radius 3 is 2.72 bits per heavy atom. The molecule has 0 atom stereocenters. The average molecular weight is 457 g/mol. The maximum Gasteiger partial charge on any atom is 0.231 e. The Hall–Kier alpha value is -2.77. The Bertz CT molecular complexity index is 982. The van der Waals surface area contributed by atoms with Crippen LogP contribution in [0.15, 0.2) is 59.3 Å². The van der Waals surface area contributed by atoms with Crippen molar-refractivity contribution < 1.29 is 18.9 Å². The smallest absolute Gasteiger partial charge is 0.231 e. The van der Waals surface area contributed by atoms with Crippen molar-refractivity contribution in [3.8, 4) is 23.0 Å². The van der Waals surface area contributed by atoms with Crippen LogP contribution < -0.4 is 24.3 Å². The van der Waals surface area contributed by atoms with E-state index >= 15 is 0 Å². The minimum Gasteiger partial charge on any atom is -0.493 e. The van der Waals surface area contributed by atoms with Gasteiger partial charge in [-0.2, -0.15) is 0 Å². The molecule has 2 heterocycles. The van der Waals surface area contributed by atoms with Gasteiger partial charge in [0, 0.05) is 25.5 Å². The highest BCUT2D eigenvalue weighted by Gasteiger charge is 2.15. The fraction of sp³-hybridized carbons (Fsp3) is 0.227. The number of aromatic nitrogens is 1. The van der Waals surface area contributed by atoms with E-state index in [-0.39, 0.29) is 6.79 Å². The van der Waals surface area contributed by atoms with Gasteiger partial charge in [0.05, 0.1) is 11.6 Å². The number of pyridine rings is 1. The fourth-order valence-corrected chi connectivity index (χ4v) is 3.66. The highest BCUT2D eigenvalue weighted by atomic mass is 79.9. The molecule has 0 unspecified atom stereocenters. The van der Waals surface area contributed by atoms with Crippen LogP contribution in [0.5, 0.6) is 23.0 Å². The van der Waals surface area contributed by atoms with Gasteiger partial charge in [-0.15, -0.1) is 0 Å². The van der Waals surface area contributed by atoms with Crippen molar-refractivity contribution in [3.63, 3.8) is 0 Å². The Kier molecular flexibility index (Phi) is 6.17. The maximum atomic E-state index is 6.04. The number of methoxy groups -OCH3 is 1. The summed E-state index contributed by atoms with van der Waals surface area (Å²) in [5.41, 5.74) is 3.22. The van der Waals surface area contributed by atoms with Crippen molar-refractivity contribution in [2.75, 3.05) is 13.9 Å². The molecule has 0 saturated carbocycles. The summed E-state index contributed by atoms with van der Waals surface area (Å²) in [7, 11) is 1.64. The first-order valence-corrected chi connectivity index (χ1v) is 9.99. The summed E-state index contributed by atoms with van der Waals surface area (Å²) in [6.07, 6.45) is 3.63. The first-order chi connectivity index (χ1) is 14.2. The van der Waals surface area contributed by atoms with E-state index in [0.717, 1.165) is 39.2 Å². The molecular weight excluding hydrogens is 436 g/mol. The van der Waals surface area contributed by atoms with E-state index in [0.29, 0.717) is 24.7 Å². The van der Waals surface area contributed by atoms with E-state index in [4.69, 9.17) is 18.9 Å². The van der Waals surface area contributed by atoms with Crippen LogP contribution in [0.2, 0.25) is 0 Å². The number of rotatable bonds is 8. The molecule has 6 nitrogen and oxygen atoms in total. The lowest BCUT2D eigenvalue weighted by Crippen LogP contribution is -2.13. The van der Waals surface area contributed by atoms with Gasteiger partial charge >= 0.3 is 0 Å². The molecule has 29 heavy (non-hydrogen) atoms. The monoisotopic (exact) mass is 456 g/mol. The highest BCUT2D eigenvalue weighted by molar-refractivity contribution is 9.10. The summed E-state index contributed by atoms with van der Waals surface area (Å²) in [5, 5.41) is 3.41. The van der Waals surface area contributed by atoms with Crippen LogP contribution in [0, 0.1) is 0 Å². The van der Waals surface area contributed by atoms with Crippen molar-refractivity contribution in [2.24, 2.45) is 0 Å². The maximum absolute atomic E-state index is 6.04. The number of nitrogens with one attached hydrogen (secondary N) is 1. The number of nitrogens with zero attached hydrogens (tertiary/aromatic N) is 1. The Morgan fingerprint density at radius 1 is 1.03 bits per heavy atom.